The van der Waals surface area contributed by atoms with Gasteiger partial charge in [-0.25, -0.2) is 9.79 Å². The van der Waals surface area contributed by atoms with Crippen LogP contribution in [0.2, 0.25) is 0 Å². The number of aliphatic imine (C=N–C) groups is 1. The average Bonchev–Trinajstić information content (AvgIpc) is 3.18. The van der Waals surface area contributed by atoms with Gasteiger partial charge >= 0.3 is 5.76 Å². The van der Waals surface area contributed by atoms with Crippen LogP contribution >= 0.6 is 0 Å². The van der Waals surface area contributed by atoms with Crippen molar-refractivity contribution >= 4 is 5.90 Å². The van der Waals surface area contributed by atoms with Crippen molar-refractivity contribution in [3.05, 3.63) is 70.9 Å². The van der Waals surface area contributed by atoms with Crippen molar-refractivity contribution in [2.75, 3.05) is 13.2 Å². The van der Waals surface area contributed by atoms with E-state index in [4.69, 9.17) is 9.47 Å². The normalized spacial score (nSPS) is 14.9. The van der Waals surface area contributed by atoms with Crippen molar-refractivity contribution in [2.24, 2.45) is 4.99 Å². The number of ether oxygens (including phenoxy) is 2. The van der Waals surface area contributed by atoms with Gasteiger partial charge in [0, 0.05) is 11.8 Å². The molecule has 0 unspecified atom stereocenters. The summed E-state index contributed by atoms with van der Waals surface area (Å²) in [6.07, 6.45) is 4.38. The third-order valence-electron chi connectivity index (χ3n) is 2.45. The van der Waals surface area contributed by atoms with Crippen LogP contribution in [0.3, 0.4) is 0 Å². The molecule has 1 aliphatic heterocycles. The van der Waals surface area contributed by atoms with Crippen LogP contribution in [0.25, 0.3) is 0 Å². The van der Waals surface area contributed by atoms with Crippen molar-refractivity contribution in [1.82, 2.24) is 4.98 Å². The van der Waals surface area contributed by atoms with Gasteiger partial charge in [0.2, 0.25) is 5.90 Å². The van der Waals surface area contributed by atoms with Crippen LogP contribution in [-0.2, 0) is 9.47 Å². The molecule has 1 aromatic carbocycles. The molecule has 6 nitrogen and oxygen atoms in total. The lowest BCUT2D eigenvalue weighted by molar-refractivity contribution is 0.261. The second kappa shape index (κ2) is 7.74. The maximum absolute atomic E-state index is 9.85. The lowest BCUT2D eigenvalue weighted by Gasteiger charge is -1.98. The summed E-state index contributed by atoms with van der Waals surface area (Å²) in [6, 6.07) is 9.85. The Kier molecular flexibility index (Phi) is 5.40. The van der Waals surface area contributed by atoms with Crippen molar-refractivity contribution in [2.45, 2.75) is 6.92 Å². The van der Waals surface area contributed by atoms with E-state index in [0.29, 0.717) is 19.1 Å². The monoisotopic (exact) mass is 288 g/mol. The molecule has 1 aromatic heterocycles. The van der Waals surface area contributed by atoms with Crippen LogP contribution < -0.4 is 5.76 Å². The molecule has 0 aliphatic carbocycles. The molecular formula is C15H16N2O4. The fourth-order valence-corrected chi connectivity index (χ4v) is 1.54. The van der Waals surface area contributed by atoms with Crippen molar-refractivity contribution in [3.63, 3.8) is 0 Å². The zero-order valence-electron chi connectivity index (χ0n) is 11.6. The molecule has 21 heavy (non-hydrogen) atoms. The van der Waals surface area contributed by atoms with Crippen molar-refractivity contribution in [3.8, 4) is 0 Å². The number of hydrogen-bond donors (Lipinski definition) is 1. The summed E-state index contributed by atoms with van der Waals surface area (Å²) in [4.78, 5) is 16.5. The van der Waals surface area contributed by atoms with E-state index in [-0.39, 0.29) is 0 Å². The smallest absolute Gasteiger partial charge is 0.416 e. The SMILES string of the molecule is CCOC=C1COC(c2ccccc2)=N1.O=c1[nH]cco1. The zero-order chi connectivity index (χ0) is 14.9. The van der Waals surface area contributed by atoms with Crippen molar-refractivity contribution in [1.29, 1.82) is 0 Å². The summed E-state index contributed by atoms with van der Waals surface area (Å²) >= 11 is 0. The third kappa shape index (κ3) is 4.68. The minimum Gasteiger partial charge on any atom is -0.499 e. The van der Waals surface area contributed by atoms with Gasteiger partial charge in [0.1, 0.15) is 24.8 Å². The van der Waals surface area contributed by atoms with Gasteiger partial charge in [-0.1, -0.05) is 18.2 Å². The number of H-pyrrole nitrogens is 1. The van der Waals surface area contributed by atoms with E-state index >= 15 is 0 Å². The molecule has 0 fully saturated rings. The molecule has 6 heteroatoms. The van der Waals surface area contributed by atoms with Gasteiger partial charge in [-0.2, -0.15) is 0 Å². The van der Waals surface area contributed by atoms with Gasteiger partial charge in [-0.3, -0.25) is 4.98 Å². The fourth-order valence-electron chi connectivity index (χ4n) is 1.54. The van der Waals surface area contributed by atoms with Gasteiger partial charge < -0.3 is 13.9 Å². The summed E-state index contributed by atoms with van der Waals surface area (Å²) in [5.41, 5.74) is 1.83. The topological polar surface area (TPSA) is 76.8 Å². The minimum absolute atomic E-state index is 0.407. The van der Waals surface area contributed by atoms with Crippen LogP contribution in [0.1, 0.15) is 12.5 Å². The number of hydrogen-bond acceptors (Lipinski definition) is 5. The van der Waals surface area contributed by atoms with E-state index in [9.17, 15) is 4.79 Å². The summed E-state index contributed by atoms with van der Waals surface area (Å²) in [7, 11) is 0. The summed E-state index contributed by atoms with van der Waals surface area (Å²) in [5.74, 6) is 0.261. The quantitative estimate of drug-likeness (QED) is 0.879. The first-order valence-electron chi connectivity index (χ1n) is 6.49. The van der Waals surface area contributed by atoms with Gasteiger partial charge in [0.15, 0.2) is 0 Å². The molecule has 1 N–H and O–H groups in total. The average molecular weight is 288 g/mol. The molecule has 0 amide bonds. The molecule has 3 rings (SSSR count). The Morgan fingerprint density at radius 3 is 2.76 bits per heavy atom. The Morgan fingerprint density at radius 2 is 2.19 bits per heavy atom. The van der Waals surface area contributed by atoms with Gasteiger partial charge in [0.05, 0.1) is 6.61 Å². The standard InChI is InChI=1S/C12H13NO2.C3H3NO2/c1-2-14-8-11-9-15-12(13-11)10-6-4-3-5-7-10;5-3-4-1-2-6-3/h3-8H,2,9H2,1H3;1-2H,(H,4,5). The van der Waals surface area contributed by atoms with E-state index in [1.54, 1.807) is 6.26 Å². The minimum atomic E-state index is -0.407. The highest BCUT2D eigenvalue weighted by atomic mass is 16.5. The number of oxazole rings is 1. The Hall–Kier alpha value is -2.76. The molecule has 0 saturated heterocycles. The Balaban J connectivity index is 0.000000225. The molecule has 0 saturated carbocycles. The first-order valence-corrected chi connectivity index (χ1v) is 6.49. The second-order valence-corrected chi connectivity index (χ2v) is 3.99. The number of aromatic amines is 1. The van der Waals surface area contributed by atoms with E-state index in [1.807, 2.05) is 37.3 Å². The lowest BCUT2D eigenvalue weighted by atomic mass is 10.2. The molecule has 110 valence electrons. The van der Waals surface area contributed by atoms with Crippen LogP contribution in [0, 0.1) is 0 Å². The van der Waals surface area contributed by atoms with E-state index in [1.165, 1.54) is 12.5 Å². The maximum Gasteiger partial charge on any atom is 0.416 e. The Morgan fingerprint density at radius 1 is 1.38 bits per heavy atom. The Bertz CT molecular complexity index is 639. The van der Waals surface area contributed by atoms with Crippen LogP contribution in [0.5, 0.6) is 0 Å². The predicted octanol–water partition coefficient (Wildman–Crippen LogP) is 2.31. The summed E-state index contributed by atoms with van der Waals surface area (Å²) in [5, 5.41) is 0. The first-order chi connectivity index (χ1) is 10.3. The molecule has 0 spiro atoms. The second-order valence-electron chi connectivity index (χ2n) is 3.99. The number of nitrogens with one attached hydrogen (secondary N) is 1. The third-order valence-corrected chi connectivity index (χ3v) is 2.45. The number of benzene rings is 1. The molecule has 0 radical (unpaired) electrons. The highest BCUT2D eigenvalue weighted by Crippen LogP contribution is 2.14. The molecule has 0 atom stereocenters. The molecule has 1 aliphatic rings. The lowest BCUT2D eigenvalue weighted by Crippen LogP contribution is -1.99. The van der Waals surface area contributed by atoms with Gasteiger partial charge in [-0.05, 0) is 19.1 Å². The number of aromatic nitrogens is 1. The maximum atomic E-state index is 9.85. The number of rotatable bonds is 3. The zero-order valence-corrected chi connectivity index (χ0v) is 11.6. The first kappa shape index (κ1) is 14.6. The van der Waals surface area contributed by atoms with E-state index in [0.717, 1.165) is 11.3 Å². The summed E-state index contributed by atoms with van der Waals surface area (Å²) < 4.78 is 14.8. The highest BCUT2D eigenvalue weighted by molar-refractivity contribution is 5.95. The molecule has 2 heterocycles. The van der Waals surface area contributed by atoms with Crippen LogP contribution in [0.15, 0.2) is 69.0 Å². The van der Waals surface area contributed by atoms with Crippen LogP contribution in [0.4, 0.5) is 0 Å². The van der Waals surface area contributed by atoms with Crippen molar-refractivity contribution < 1.29 is 13.9 Å². The van der Waals surface area contributed by atoms with Gasteiger partial charge in [0.25, 0.3) is 0 Å². The summed E-state index contributed by atoms with van der Waals surface area (Å²) in [6.45, 7) is 3.08. The van der Waals surface area contributed by atoms with Gasteiger partial charge in [-0.15, -0.1) is 0 Å². The molecular weight excluding hydrogens is 272 g/mol. The fraction of sp³-hybridized carbons (Fsp3) is 0.200. The highest BCUT2D eigenvalue weighted by Gasteiger charge is 2.13. The largest absolute Gasteiger partial charge is 0.499 e. The Labute approximate surface area is 121 Å². The van der Waals surface area contributed by atoms with E-state index in [2.05, 4.69) is 14.4 Å². The molecule has 2 aromatic rings. The predicted molar refractivity (Wildman–Crippen MR) is 78.0 cm³/mol. The van der Waals surface area contributed by atoms with E-state index < -0.39 is 5.76 Å². The number of nitrogens with zero attached hydrogens (tertiary/aromatic N) is 1. The molecule has 0 bridgehead atoms. The van der Waals surface area contributed by atoms with Crippen LogP contribution in [-0.4, -0.2) is 24.1 Å².